The Kier molecular flexibility index (Phi) is 4.41. The van der Waals surface area contributed by atoms with Gasteiger partial charge in [0.1, 0.15) is 0 Å². The molecule has 1 saturated heterocycles. The molecule has 3 rings (SSSR count). The number of hydrogen-bond donors (Lipinski definition) is 0. The van der Waals surface area contributed by atoms with E-state index in [2.05, 4.69) is 39.1 Å². The summed E-state index contributed by atoms with van der Waals surface area (Å²) >= 11 is 3.66. The van der Waals surface area contributed by atoms with Crippen molar-refractivity contribution in [3.05, 3.63) is 29.5 Å². The van der Waals surface area contributed by atoms with Crippen LogP contribution in [0.25, 0.3) is 4.48 Å². The van der Waals surface area contributed by atoms with E-state index in [0.29, 0.717) is 11.8 Å². The number of ether oxygens (including phenoxy) is 2. The number of methoxy groups -OCH3 is 1. The molecule has 0 amide bonds. The van der Waals surface area contributed by atoms with Crippen LogP contribution < -0.4 is 4.74 Å². The summed E-state index contributed by atoms with van der Waals surface area (Å²) in [7, 11) is 1.70. The number of halogens is 1. The number of rotatable bonds is 4. The van der Waals surface area contributed by atoms with Crippen molar-refractivity contribution in [3.63, 3.8) is 0 Å². The lowest BCUT2D eigenvalue weighted by molar-refractivity contribution is 0.0787. The van der Waals surface area contributed by atoms with Crippen LogP contribution in [0.2, 0.25) is 0 Å². The largest absolute Gasteiger partial charge is 0.481 e. The molecular formula is C16H20BrNO2. The molecule has 1 aromatic rings. The Morgan fingerprint density at radius 3 is 2.70 bits per heavy atom. The fourth-order valence-electron chi connectivity index (χ4n) is 2.63. The predicted octanol–water partition coefficient (Wildman–Crippen LogP) is 4.13. The van der Waals surface area contributed by atoms with Crippen LogP contribution in [0.3, 0.4) is 0 Å². The molecule has 1 saturated carbocycles. The van der Waals surface area contributed by atoms with E-state index in [-0.39, 0.29) is 0 Å². The van der Waals surface area contributed by atoms with Crippen molar-refractivity contribution in [2.75, 3.05) is 20.3 Å². The van der Waals surface area contributed by atoms with Crippen LogP contribution in [0.15, 0.2) is 18.2 Å². The highest BCUT2D eigenvalue weighted by Crippen LogP contribution is 2.44. The molecule has 2 heterocycles. The summed E-state index contributed by atoms with van der Waals surface area (Å²) in [6.45, 7) is 1.72. The van der Waals surface area contributed by atoms with Crippen molar-refractivity contribution in [1.29, 1.82) is 0 Å². The molecule has 0 unspecified atom stereocenters. The first-order valence-electron chi connectivity index (χ1n) is 7.28. The molecule has 0 N–H and O–H groups in total. The van der Waals surface area contributed by atoms with Gasteiger partial charge in [0, 0.05) is 23.3 Å². The van der Waals surface area contributed by atoms with E-state index < -0.39 is 0 Å². The summed E-state index contributed by atoms with van der Waals surface area (Å²) in [5, 5.41) is 0. The molecule has 1 aliphatic heterocycles. The van der Waals surface area contributed by atoms with E-state index in [4.69, 9.17) is 9.47 Å². The van der Waals surface area contributed by atoms with Gasteiger partial charge in [0.25, 0.3) is 0 Å². The number of allylic oxidation sites excluding steroid dienone is 1. The van der Waals surface area contributed by atoms with Gasteiger partial charge in [-0.15, -0.1) is 0 Å². The van der Waals surface area contributed by atoms with Crippen LogP contribution in [0.4, 0.5) is 0 Å². The minimum Gasteiger partial charge on any atom is -0.481 e. The van der Waals surface area contributed by atoms with E-state index in [1.807, 2.05) is 0 Å². The monoisotopic (exact) mass is 337 g/mol. The molecule has 0 bridgehead atoms. The molecule has 0 atom stereocenters. The van der Waals surface area contributed by atoms with Gasteiger partial charge in [0.15, 0.2) is 0 Å². The summed E-state index contributed by atoms with van der Waals surface area (Å²) in [6.07, 6.45) is 6.97. The van der Waals surface area contributed by atoms with Crippen molar-refractivity contribution in [2.45, 2.75) is 31.6 Å². The Hall–Kier alpha value is -0.870. The third kappa shape index (κ3) is 3.23. The standard InChI is InChI=1S/C16H20BrNO2/c1-19-16-13(12-2-3-12)4-5-15(18-16)14(17)10-11-6-8-20-9-7-11/h4-5,10-12H,2-3,6-9H2,1H3/b14-10-. The summed E-state index contributed by atoms with van der Waals surface area (Å²) in [6, 6.07) is 4.26. The van der Waals surface area contributed by atoms with Gasteiger partial charge in [-0.25, -0.2) is 4.98 Å². The van der Waals surface area contributed by atoms with Crippen LogP contribution in [-0.2, 0) is 4.74 Å². The number of hydrogen-bond acceptors (Lipinski definition) is 3. The molecule has 0 radical (unpaired) electrons. The van der Waals surface area contributed by atoms with Crippen LogP contribution in [0.5, 0.6) is 5.88 Å². The fraction of sp³-hybridized carbons (Fsp3) is 0.562. The first kappa shape index (κ1) is 14.1. The Morgan fingerprint density at radius 2 is 2.05 bits per heavy atom. The molecule has 0 spiro atoms. The molecule has 108 valence electrons. The lowest BCUT2D eigenvalue weighted by atomic mass is 9.99. The Labute approximate surface area is 128 Å². The van der Waals surface area contributed by atoms with Gasteiger partial charge in [-0.3, -0.25) is 0 Å². The van der Waals surface area contributed by atoms with Crippen molar-refractivity contribution in [3.8, 4) is 5.88 Å². The van der Waals surface area contributed by atoms with Crippen LogP contribution in [-0.4, -0.2) is 25.3 Å². The summed E-state index contributed by atoms with van der Waals surface area (Å²) in [4.78, 5) is 4.65. The van der Waals surface area contributed by atoms with Gasteiger partial charge >= 0.3 is 0 Å². The van der Waals surface area contributed by atoms with Crippen molar-refractivity contribution < 1.29 is 9.47 Å². The van der Waals surface area contributed by atoms with E-state index >= 15 is 0 Å². The average molecular weight is 338 g/mol. The van der Waals surface area contributed by atoms with E-state index in [1.54, 1.807) is 7.11 Å². The third-order valence-corrected chi connectivity index (χ3v) is 4.66. The van der Waals surface area contributed by atoms with Crippen LogP contribution in [0.1, 0.15) is 42.9 Å². The van der Waals surface area contributed by atoms with Gasteiger partial charge in [-0.05, 0) is 59.5 Å². The number of aromatic nitrogens is 1. The molecule has 20 heavy (non-hydrogen) atoms. The van der Waals surface area contributed by atoms with Gasteiger partial charge in [0.05, 0.1) is 12.8 Å². The molecule has 0 aromatic carbocycles. The fourth-order valence-corrected chi connectivity index (χ4v) is 3.22. The smallest absolute Gasteiger partial charge is 0.217 e. The summed E-state index contributed by atoms with van der Waals surface area (Å²) in [5.41, 5.74) is 2.21. The number of pyridine rings is 1. The first-order chi connectivity index (χ1) is 9.78. The van der Waals surface area contributed by atoms with Crippen LogP contribution in [0, 0.1) is 5.92 Å². The first-order valence-corrected chi connectivity index (χ1v) is 8.07. The normalized spacial score (nSPS) is 21.0. The zero-order valence-electron chi connectivity index (χ0n) is 11.8. The zero-order chi connectivity index (χ0) is 13.9. The minimum atomic E-state index is 0.578. The molecule has 1 aliphatic carbocycles. The van der Waals surface area contributed by atoms with Gasteiger partial charge < -0.3 is 9.47 Å². The van der Waals surface area contributed by atoms with E-state index in [0.717, 1.165) is 42.1 Å². The van der Waals surface area contributed by atoms with Crippen molar-refractivity contribution >= 4 is 20.4 Å². The third-order valence-electron chi connectivity index (χ3n) is 3.99. The average Bonchev–Trinajstić information content (AvgIpc) is 3.32. The van der Waals surface area contributed by atoms with Gasteiger partial charge in [-0.1, -0.05) is 12.1 Å². The molecular weight excluding hydrogens is 318 g/mol. The lowest BCUT2D eigenvalue weighted by Gasteiger charge is -2.19. The SMILES string of the molecule is COc1nc(/C(Br)=C/C2CCOCC2)ccc1C1CC1. The predicted molar refractivity (Wildman–Crippen MR) is 83.2 cm³/mol. The molecule has 1 aromatic heterocycles. The summed E-state index contributed by atoms with van der Waals surface area (Å²) in [5.74, 6) is 2.01. The Bertz CT molecular complexity index is 505. The van der Waals surface area contributed by atoms with E-state index in [9.17, 15) is 0 Å². The maximum Gasteiger partial charge on any atom is 0.217 e. The highest BCUT2D eigenvalue weighted by atomic mass is 79.9. The maximum absolute atomic E-state index is 5.45. The summed E-state index contributed by atoms with van der Waals surface area (Å²) < 4.78 is 11.9. The van der Waals surface area contributed by atoms with Crippen LogP contribution >= 0.6 is 15.9 Å². The van der Waals surface area contributed by atoms with E-state index in [1.165, 1.54) is 18.4 Å². The highest BCUT2D eigenvalue weighted by Gasteiger charge is 2.27. The second-order valence-electron chi connectivity index (χ2n) is 5.53. The maximum atomic E-state index is 5.45. The Morgan fingerprint density at radius 1 is 1.30 bits per heavy atom. The second-order valence-corrected chi connectivity index (χ2v) is 6.39. The molecule has 3 nitrogen and oxygen atoms in total. The number of nitrogens with zero attached hydrogens (tertiary/aromatic N) is 1. The van der Waals surface area contributed by atoms with Gasteiger partial charge in [0.2, 0.25) is 5.88 Å². The highest BCUT2D eigenvalue weighted by molar-refractivity contribution is 9.15. The van der Waals surface area contributed by atoms with Crippen molar-refractivity contribution in [1.82, 2.24) is 4.98 Å². The quantitative estimate of drug-likeness (QED) is 0.827. The van der Waals surface area contributed by atoms with Gasteiger partial charge in [-0.2, -0.15) is 0 Å². The van der Waals surface area contributed by atoms with Crippen molar-refractivity contribution in [2.24, 2.45) is 5.92 Å². The molecule has 4 heteroatoms. The minimum absolute atomic E-state index is 0.578. The Balaban J connectivity index is 1.79. The lowest BCUT2D eigenvalue weighted by Crippen LogP contribution is -2.13. The molecule has 2 aliphatic rings. The topological polar surface area (TPSA) is 31.4 Å². The zero-order valence-corrected chi connectivity index (χ0v) is 13.4. The second kappa shape index (κ2) is 6.27. The molecule has 2 fully saturated rings.